The molecule has 0 aromatic heterocycles. The lowest BCUT2D eigenvalue weighted by Crippen LogP contribution is -2.40. The number of hydrogen-bond acceptors (Lipinski definition) is 3. The van der Waals surface area contributed by atoms with E-state index in [1.807, 2.05) is 0 Å². The van der Waals surface area contributed by atoms with Gasteiger partial charge in [-0.1, -0.05) is 6.08 Å². The summed E-state index contributed by atoms with van der Waals surface area (Å²) >= 11 is 0. The monoisotopic (exact) mass is 334 g/mol. The molecule has 0 unspecified atom stereocenters. The summed E-state index contributed by atoms with van der Waals surface area (Å²) in [6.45, 7) is 4.75. The van der Waals surface area contributed by atoms with Crippen LogP contribution in [0, 0.1) is 0 Å². The van der Waals surface area contributed by atoms with E-state index in [4.69, 9.17) is 4.74 Å². The number of carbonyl (C=O) groups excluding carboxylic acids is 2. The normalized spacial score (nSPS) is 15.4. The van der Waals surface area contributed by atoms with Crippen LogP contribution in [0.2, 0.25) is 0 Å². The van der Waals surface area contributed by atoms with Crippen LogP contribution in [0.3, 0.4) is 0 Å². The van der Waals surface area contributed by atoms with Crippen LogP contribution in [0.25, 0.3) is 0 Å². The van der Waals surface area contributed by atoms with Crippen LogP contribution >= 0.6 is 0 Å². The van der Waals surface area contributed by atoms with Gasteiger partial charge in [0.15, 0.2) is 0 Å². The van der Waals surface area contributed by atoms with Gasteiger partial charge in [0, 0.05) is 18.3 Å². The smallest absolute Gasteiger partial charge is 0.412 e. The van der Waals surface area contributed by atoms with Crippen LogP contribution in [0.4, 0.5) is 18.0 Å². The van der Waals surface area contributed by atoms with E-state index in [1.165, 1.54) is 13.1 Å². The Morgan fingerprint density at radius 1 is 1.30 bits per heavy atom. The second kappa shape index (κ2) is 7.06. The highest BCUT2D eigenvalue weighted by atomic mass is 19.4. The minimum Gasteiger partial charge on any atom is -0.444 e. The first-order valence-electron chi connectivity index (χ1n) is 7.10. The van der Waals surface area contributed by atoms with Gasteiger partial charge in [-0.05, 0) is 39.7 Å². The van der Waals surface area contributed by atoms with Crippen molar-refractivity contribution in [2.45, 2.75) is 45.4 Å². The molecule has 0 aliphatic heterocycles. The highest BCUT2D eigenvalue weighted by Crippen LogP contribution is 2.32. The predicted octanol–water partition coefficient (Wildman–Crippen LogP) is 3.14. The Morgan fingerprint density at radius 2 is 1.91 bits per heavy atom. The van der Waals surface area contributed by atoms with E-state index in [0.717, 1.165) is 11.0 Å². The molecule has 5 nitrogen and oxygen atoms in total. The lowest BCUT2D eigenvalue weighted by atomic mass is 10.0. The van der Waals surface area contributed by atoms with Gasteiger partial charge in [-0.15, -0.1) is 0 Å². The van der Waals surface area contributed by atoms with E-state index in [2.05, 4.69) is 5.32 Å². The number of amides is 2. The molecule has 1 N–H and O–H groups in total. The molecule has 0 saturated carbocycles. The SMILES string of the molecule is CN(CC(=O)NC1=CCCC(C(F)(F)F)=C1)C(=O)OC(C)(C)C. The quantitative estimate of drug-likeness (QED) is 0.863. The Kier molecular flexibility index (Phi) is 5.85. The molecule has 0 bridgehead atoms. The van der Waals surface area contributed by atoms with Crippen LogP contribution in [-0.2, 0) is 9.53 Å². The third kappa shape index (κ3) is 6.75. The van der Waals surface area contributed by atoms with E-state index < -0.39 is 29.4 Å². The first-order valence-corrected chi connectivity index (χ1v) is 7.10. The number of likely N-dealkylation sites (N-methyl/N-ethyl adjacent to an activating group) is 1. The average Bonchev–Trinajstić information content (AvgIpc) is 2.35. The van der Waals surface area contributed by atoms with E-state index >= 15 is 0 Å². The second-order valence-corrected chi connectivity index (χ2v) is 6.25. The summed E-state index contributed by atoms with van der Waals surface area (Å²) in [6, 6.07) is 0. The van der Waals surface area contributed by atoms with Crippen molar-refractivity contribution in [3.8, 4) is 0 Å². The van der Waals surface area contributed by atoms with Gasteiger partial charge in [-0.2, -0.15) is 13.2 Å². The number of alkyl halides is 3. The van der Waals surface area contributed by atoms with Gasteiger partial charge in [-0.25, -0.2) is 4.79 Å². The number of rotatable bonds is 3. The van der Waals surface area contributed by atoms with Crippen molar-refractivity contribution in [3.05, 3.63) is 23.4 Å². The molecular formula is C15H21F3N2O3. The summed E-state index contributed by atoms with van der Waals surface area (Å²) < 4.78 is 43.0. The molecule has 0 aromatic carbocycles. The van der Waals surface area contributed by atoms with Crippen molar-refractivity contribution >= 4 is 12.0 Å². The summed E-state index contributed by atoms with van der Waals surface area (Å²) in [5.41, 5.74) is -1.29. The Morgan fingerprint density at radius 3 is 2.43 bits per heavy atom. The summed E-state index contributed by atoms with van der Waals surface area (Å²) in [6.07, 6.45) is -2.58. The molecule has 2 amide bonds. The Labute approximate surface area is 133 Å². The van der Waals surface area contributed by atoms with Gasteiger partial charge in [-0.3, -0.25) is 4.79 Å². The van der Waals surface area contributed by atoms with Gasteiger partial charge >= 0.3 is 12.3 Å². The van der Waals surface area contributed by atoms with Gasteiger partial charge in [0.1, 0.15) is 12.1 Å². The molecule has 0 radical (unpaired) electrons. The van der Waals surface area contributed by atoms with Crippen LogP contribution in [0.5, 0.6) is 0 Å². The zero-order valence-electron chi connectivity index (χ0n) is 13.6. The number of nitrogens with one attached hydrogen (secondary N) is 1. The molecule has 0 atom stereocenters. The molecule has 0 spiro atoms. The number of carbonyl (C=O) groups is 2. The van der Waals surface area contributed by atoms with Crippen molar-refractivity contribution in [1.29, 1.82) is 0 Å². The third-order valence-electron chi connectivity index (χ3n) is 2.84. The lowest BCUT2D eigenvalue weighted by molar-refractivity contribution is -0.121. The fourth-order valence-electron chi connectivity index (χ4n) is 1.83. The molecule has 130 valence electrons. The summed E-state index contributed by atoms with van der Waals surface area (Å²) in [5.74, 6) is -0.593. The van der Waals surface area contributed by atoms with Gasteiger partial charge in [0.25, 0.3) is 0 Å². The number of nitrogens with zero attached hydrogens (tertiary/aromatic N) is 1. The van der Waals surface area contributed by atoms with Gasteiger partial charge < -0.3 is 15.0 Å². The average molecular weight is 334 g/mol. The van der Waals surface area contributed by atoms with Crippen molar-refractivity contribution in [2.24, 2.45) is 0 Å². The molecule has 0 fully saturated rings. The van der Waals surface area contributed by atoms with E-state index in [-0.39, 0.29) is 25.1 Å². The highest BCUT2D eigenvalue weighted by molar-refractivity contribution is 5.83. The molecule has 1 aliphatic carbocycles. The Hall–Kier alpha value is -1.99. The molecule has 23 heavy (non-hydrogen) atoms. The number of halogens is 3. The Bertz CT molecular complexity index is 531. The van der Waals surface area contributed by atoms with Crippen molar-refractivity contribution in [2.75, 3.05) is 13.6 Å². The maximum absolute atomic E-state index is 12.6. The standard InChI is InChI=1S/C15H21F3N2O3/c1-14(2,3)23-13(22)20(4)9-12(21)19-11-7-5-6-10(8-11)15(16,17)18/h7-8H,5-6,9H2,1-4H3,(H,19,21). The van der Waals surface area contributed by atoms with Crippen molar-refractivity contribution in [1.82, 2.24) is 10.2 Å². The molecule has 0 heterocycles. The molecule has 0 saturated heterocycles. The minimum atomic E-state index is -4.41. The zero-order chi connectivity index (χ0) is 17.8. The number of ether oxygens (including phenoxy) is 1. The summed E-state index contributed by atoms with van der Waals surface area (Å²) in [7, 11) is 1.37. The largest absolute Gasteiger partial charge is 0.444 e. The molecule has 1 rings (SSSR count). The lowest BCUT2D eigenvalue weighted by Gasteiger charge is -2.24. The van der Waals surface area contributed by atoms with Crippen LogP contribution in [-0.4, -0.2) is 42.3 Å². The molecule has 1 aliphatic rings. The highest BCUT2D eigenvalue weighted by Gasteiger charge is 2.34. The van der Waals surface area contributed by atoms with Crippen LogP contribution < -0.4 is 5.32 Å². The predicted molar refractivity (Wildman–Crippen MR) is 78.5 cm³/mol. The molecule has 8 heteroatoms. The van der Waals surface area contributed by atoms with E-state index in [0.29, 0.717) is 0 Å². The molecule has 0 aromatic rings. The first kappa shape index (κ1) is 19.1. The third-order valence-corrected chi connectivity index (χ3v) is 2.84. The fourth-order valence-corrected chi connectivity index (χ4v) is 1.83. The Balaban J connectivity index is 2.59. The van der Waals surface area contributed by atoms with Gasteiger partial charge in [0.2, 0.25) is 5.91 Å². The van der Waals surface area contributed by atoms with E-state index in [9.17, 15) is 22.8 Å². The summed E-state index contributed by atoms with van der Waals surface area (Å²) in [4.78, 5) is 24.6. The van der Waals surface area contributed by atoms with E-state index in [1.54, 1.807) is 20.8 Å². The van der Waals surface area contributed by atoms with Crippen LogP contribution in [0.15, 0.2) is 23.4 Å². The number of hydrogen-bond donors (Lipinski definition) is 1. The summed E-state index contributed by atoms with van der Waals surface area (Å²) in [5, 5.41) is 2.37. The topological polar surface area (TPSA) is 58.6 Å². The first-order chi connectivity index (χ1) is 10.4. The van der Waals surface area contributed by atoms with Gasteiger partial charge in [0.05, 0.1) is 0 Å². The fraction of sp³-hybridized carbons (Fsp3) is 0.600. The molecular weight excluding hydrogens is 313 g/mol. The van der Waals surface area contributed by atoms with Crippen LogP contribution in [0.1, 0.15) is 33.6 Å². The second-order valence-electron chi connectivity index (χ2n) is 6.25. The van der Waals surface area contributed by atoms with Crippen molar-refractivity contribution < 1.29 is 27.5 Å². The minimum absolute atomic E-state index is 0.0890. The maximum Gasteiger partial charge on any atom is 0.412 e. The maximum atomic E-state index is 12.6. The number of allylic oxidation sites excluding steroid dienone is 3. The zero-order valence-corrected chi connectivity index (χ0v) is 13.6. The van der Waals surface area contributed by atoms with Crippen molar-refractivity contribution in [3.63, 3.8) is 0 Å².